The molecule has 0 amide bonds. The summed E-state index contributed by atoms with van der Waals surface area (Å²) in [5.41, 5.74) is 4.69. The molecule has 2 aromatic rings. The number of carbonyl (C=O) groups excluding carboxylic acids is 1. The molecule has 2 N–H and O–H groups in total. The van der Waals surface area contributed by atoms with E-state index in [4.69, 9.17) is 12.2 Å². The van der Waals surface area contributed by atoms with Crippen LogP contribution in [0.1, 0.15) is 22.8 Å². The summed E-state index contributed by atoms with van der Waals surface area (Å²) < 4.78 is 0. The van der Waals surface area contributed by atoms with Gasteiger partial charge in [0.1, 0.15) is 5.71 Å². The van der Waals surface area contributed by atoms with E-state index in [0.29, 0.717) is 22.9 Å². The van der Waals surface area contributed by atoms with E-state index in [1.165, 1.54) is 0 Å². The second kappa shape index (κ2) is 5.02. The van der Waals surface area contributed by atoms with Crippen molar-refractivity contribution in [2.75, 3.05) is 6.54 Å². The van der Waals surface area contributed by atoms with Gasteiger partial charge >= 0.3 is 0 Å². The van der Waals surface area contributed by atoms with Crippen LogP contribution >= 0.6 is 12.2 Å². The first-order valence-corrected chi connectivity index (χ1v) is 6.81. The van der Waals surface area contributed by atoms with Crippen molar-refractivity contribution in [1.82, 2.24) is 10.7 Å². The Balaban J connectivity index is 2.05. The first-order valence-electron chi connectivity index (χ1n) is 6.40. The fourth-order valence-corrected chi connectivity index (χ4v) is 2.59. The number of ketones is 1. The molecule has 0 heterocycles. The Morgan fingerprint density at radius 2 is 1.90 bits per heavy atom. The summed E-state index contributed by atoms with van der Waals surface area (Å²) in [4.78, 5) is 12.4. The van der Waals surface area contributed by atoms with E-state index < -0.39 is 0 Å². The van der Waals surface area contributed by atoms with Gasteiger partial charge in [0.15, 0.2) is 5.11 Å². The number of hydrogen-bond acceptors (Lipinski definition) is 3. The van der Waals surface area contributed by atoms with Gasteiger partial charge in [-0.2, -0.15) is 5.10 Å². The number of Topliss-reactive ketones (excluding diaryl/α,β-unsaturated/α-hetero) is 1. The van der Waals surface area contributed by atoms with Gasteiger partial charge in [-0.3, -0.25) is 10.2 Å². The molecule has 1 aliphatic carbocycles. The lowest BCUT2D eigenvalue weighted by Gasteiger charge is -2.04. The van der Waals surface area contributed by atoms with Gasteiger partial charge in [-0.1, -0.05) is 36.4 Å². The van der Waals surface area contributed by atoms with Crippen LogP contribution in [0.5, 0.6) is 0 Å². The van der Waals surface area contributed by atoms with E-state index in [1.807, 2.05) is 43.3 Å². The van der Waals surface area contributed by atoms with E-state index in [1.54, 1.807) is 0 Å². The van der Waals surface area contributed by atoms with Gasteiger partial charge < -0.3 is 5.32 Å². The molecule has 0 saturated carbocycles. The van der Waals surface area contributed by atoms with E-state index >= 15 is 0 Å². The fourth-order valence-electron chi connectivity index (χ4n) is 2.40. The van der Waals surface area contributed by atoms with E-state index in [9.17, 15) is 4.79 Å². The highest BCUT2D eigenvalue weighted by Gasteiger charge is 2.28. The van der Waals surface area contributed by atoms with Crippen molar-refractivity contribution in [2.24, 2.45) is 5.10 Å². The molecule has 0 bridgehead atoms. The van der Waals surface area contributed by atoms with Gasteiger partial charge in [-0.15, -0.1) is 0 Å². The molecule has 4 nitrogen and oxygen atoms in total. The lowest BCUT2D eigenvalue weighted by molar-refractivity contribution is 0.106. The third-order valence-corrected chi connectivity index (χ3v) is 3.46. The molecule has 0 spiro atoms. The largest absolute Gasteiger partial charge is 0.362 e. The van der Waals surface area contributed by atoms with Gasteiger partial charge in [0.25, 0.3) is 0 Å². The molecule has 0 unspecified atom stereocenters. The average Bonchev–Trinajstić information content (AvgIpc) is 2.73. The van der Waals surface area contributed by atoms with E-state index in [-0.39, 0.29) is 5.78 Å². The minimum Gasteiger partial charge on any atom is -0.362 e. The molecule has 0 saturated heterocycles. The average molecular weight is 283 g/mol. The topological polar surface area (TPSA) is 53.5 Å². The smallest absolute Gasteiger partial charge is 0.214 e. The van der Waals surface area contributed by atoms with Gasteiger partial charge in [0.2, 0.25) is 5.78 Å². The quantitative estimate of drug-likeness (QED) is 0.655. The monoisotopic (exact) mass is 283 g/mol. The van der Waals surface area contributed by atoms with Gasteiger partial charge in [-0.05, 0) is 24.5 Å². The number of nitrogens with one attached hydrogen (secondary N) is 2. The zero-order valence-electron chi connectivity index (χ0n) is 10.9. The Kier molecular flexibility index (Phi) is 3.20. The Hall–Kier alpha value is -2.27. The zero-order valence-corrected chi connectivity index (χ0v) is 11.8. The fraction of sp³-hybridized carbons (Fsp3) is 0.133. The Labute approximate surface area is 121 Å². The summed E-state index contributed by atoms with van der Waals surface area (Å²) >= 11 is 5.05. The van der Waals surface area contributed by atoms with Gasteiger partial charge in [0.05, 0.1) is 0 Å². The molecule has 0 aromatic heterocycles. The Morgan fingerprint density at radius 3 is 2.60 bits per heavy atom. The number of hydrazone groups is 1. The summed E-state index contributed by atoms with van der Waals surface area (Å²) in [6.45, 7) is 2.65. The molecule has 0 radical (unpaired) electrons. The summed E-state index contributed by atoms with van der Waals surface area (Å²) in [5, 5.41) is 9.54. The van der Waals surface area contributed by atoms with Crippen molar-refractivity contribution in [3.05, 3.63) is 47.5 Å². The normalized spacial score (nSPS) is 14.8. The molecule has 20 heavy (non-hydrogen) atoms. The predicted molar refractivity (Wildman–Crippen MR) is 84.2 cm³/mol. The highest BCUT2D eigenvalue weighted by Crippen LogP contribution is 2.30. The number of benzene rings is 2. The number of thiocarbonyl (C=S) groups is 1. The van der Waals surface area contributed by atoms with Crippen molar-refractivity contribution in [1.29, 1.82) is 0 Å². The molecular formula is C15H13N3OS. The highest BCUT2D eigenvalue weighted by atomic mass is 32.1. The van der Waals surface area contributed by atoms with Crippen LogP contribution in [0.2, 0.25) is 0 Å². The van der Waals surface area contributed by atoms with Crippen LogP contribution in [0.4, 0.5) is 0 Å². The standard InChI is InChI=1S/C15H13N3OS/c1-2-16-15(20)18-17-13-10-7-3-5-9-6-4-8-11(12(9)10)14(13)19/h3-8H,2H2,1H3,(H2,16,18,20). The summed E-state index contributed by atoms with van der Waals surface area (Å²) in [6.07, 6.45) is 0. The van der Waals surface area contributed by atoms with Crippen molar-refractivity contribution >= 4 is 39.6 Å². The SMILES string of the molecule is CCNC(=S)NN=C1C(=O)c2cccc3cccc1c23. The molecule has 1 aliphatic rings. The molecule has 100 valence electrons. The first kappa shape index (κ1) is 12.7. The second-order valence-electron chi connectivity index (χ2n) is 4.47. The third-order valence-electron chi connectivity index (χ3n) is 3.23. The summed E-state index contributed by atoms with van der Waals surface area (Å²) in [7, 11) is 0. The maximum absolute atomic E-state index is 12.4. The minimum atomic E-state index is -0.0661. The van der Waals surface area contributed by atoms with E-state index in [0.717, 1.165) is 16.3 Å². The van der Waals surface area contributed by atoms with Crippen LogP contribution < -0.4 is 10.7 Å². The Morgan fingerprint density at radius 1 is 1.20 bits per heavy atom. The second-order valence-corrected chi connectivity index (χ2v) is 4.88. The van der Waals surface area contributed by atoms with Crippen LogP contribution in [-0.2, 0) is 0 Å². The molecule has 3 rings (SSSR count). The molecule has 2 aromatic carbocycles. The highest BCUT2D eigenvalue weighted by molar-refractivity contribution is 7.80. The Bertz CT molecular complexity index is 747. The first-order chi connectivity index (χ1) is 9.72. The minimum absolute atomic E-state index is 0.0661. The van der Waals surface area contributed by atoms with Crippen LogP contribution in [0.3, 0.4) is 0 Å². The van der Waals surface area contributed by atoms with E-state index in [2.05, 4.69) is 15.8 Å². The maximum atomic E-state index is 12.4. The van der Waals surface area contributed by atoms with Crippen LogP contribution in [0.15, 0.2) is 41.5 Å². The van der Waals surface area contributed by atoms with Gasteiger partial charge in [-0.25, -0.2) is 0 Å². The van der Waals surface area contributed by atoms with Crippen molar-refractivity contribution in [2.45, 2.75) is 6.92 Å². The van der Waals surface area contributed by atoms with Crippen molar-refractivity contribution in [3.8, 4) is 0 Å². The van der Waals surface area contributed by atoms with Crippen LogP contribution in [-0.4, -0.2) is 23.2 Å². The van der Waals surface area contributed by atoms with Crippen molar-refractivity contribution < 1.29 is 4.79 Å². The predicted octanol–water partition coefficient (Wildman–Crippen LogP) is 2.22. The number of nitrogens with zero attached hydrogens (tertiary/aromatic N) is 1. The molecule has 0 aliphatic heterocycles. The molecule has 0 fully saturated rings. The third kappa shape index (κ3) is 1.96. The number of rotatable bonds is 2. The van der Waals surface area contributed by atoms with Gasteiger partial charge in [0, 0.05) is 23.1 Å². The van der Waals surface area contributed by atoms with Crippen LogP contribution in [0, 0.1) is 0 Å². The number of hydrogen-bond donors (Lipinski definition) is 2. The zero-order chi connectivity index (χ0) is 14.1. The lowest BCUT2D eigenvalue weighted by Crippen LogP contribution is -2.32. The molecule has 0 atom stereocenters. The number of carbonyl (C=O) groups is 1. The summed E-state index contributed by atoms with van der Waals surface area (Å²) in [6, 6.07) is 11.6. The molecule has 5 heteroatoms. The van der Waals surface area contributed by atoms with Crippen molar-refractivity contribution in [3.63, 3.8) is 0 Å². The summed E-state index contributed by atoms with van der Waals surface area (Å²) in [5.74, 6) is -0.0661. The lowest BCUT2D eigenvalue weighted by atomic mass is 10.1. The maximum Gasteiger partial charge on any atom is 0.214 e. The molecular weight excluding hydrogens is 270 g/mol. The van der Waals surface area contributed by atoms with Crippen LogP contribution in [0.25, 0.3) is 10.8 Å².